The van der Waals surface area contributed by atoms with Crippen LogP contribution in [0.2, 0.25) is 0 Å². The molecule has 0 amide bonds. The Morgan fingerprint density at radius 3 is 2.09 bits per heavy atom. The summed E-state index contributed by atoms with van der Waals surface area (Å²) in [7, 11) is 0. The van der Waals surface area contributed by atoms with Gasteiger partial charge < -0.3 is 4.90 Å². The fourth-order valence-electron chi connectivity index (χ4n) is 1.11. The SMILES string of the molecule is CC.CC1CCN(C#N)CC1. The predicted octanol–water partition coefficient (Wildman–Crippen LogP) is 2.23. The van der Waals surface area contributed by atoms with E-state index < -0.39 is 0 Å². The van der Waals surface area contributed by atoms with E-state index in [0.29, 0.717) is 0 Å². The maximum Gasteiger partial charge on any atom is 0.179 e. The van der Waals surface area contributed by atoms with Crippen molar-refractivity contribution in [2.24, 2.45) is 5.92 Å². The molecule has 0 bridgehead atoms. The lowest BCUT2D eigenvalue weighted by Gasteiger charge is -2.24. The molecule has 1 heterocycles. The first-order valence-electron chi connectivity index (χ1n) is 4.47. The molecule has 11 heavy (non-hydrogen) atoms. The van der Waals surface area contributed by atoms with Crippen molar-refractivity contribution in [3.05, 3.63) is 0 Å². The van der Waals surface area contributed by atoms with Gasteiger partial charge in [0.15, 0.2) is 6.19 Å². The highest BCUT2D eigenvalue weighted by Crippen LogP contribution is 2.14. The molecule has 1 aliphatic heterocycles. The fourth-order valence-corrected chi connectivity index (χ4v) is 1.11. The number of likely N-dealkylation sites (tertiary alicyclic amines) is 1. The average molecular weight is 154 g/mol. The van der Waals surface area contributed by atoms with Crippen molar-refractivity contribution >= 4 is 0 Å². The third-order valence-corrected chi connectivity index (χ3v) is 1.93. The molecule has 1 rings (SSSR count). The summed E-state index contributed by atoms with van der Waals surface area (Å²) in [5.41, 5.74) is 0. The van der Waals surface area contributed by atoms with Crippen molar-refractivity contribution in [1.29, 1.82) is 5.26 Å². The van der Waals surface area contributed by atoms with Gasteiger partial charge in [0, 0.05) is 13.1 Å². The fraction of sp³-hybridized carbons (Fsp3) is 0.889. The molecule has 1 saturated heterocycles. The van der Waals surface area contributed by atoms with Gasteiger partial charge in [-0.1, -0.05) is 20.8 Å². The molecule has 0 N–H and O–H groups in total. The standard InChI is InChI=1S/C7H12N2.C2H6/c1-7-2-4-9(6-8)5-3-7;1-2/h7H,2-5H2,1H3;1-2H3. The highest BCUT2D eigenvalue weighted by Gasteiger charge is 2.12. The Hall–Kier alpha value is -0.710. The molecular weight excluding hydrogens is 136 g/mol. The maximum absolute atomic E-state index is 8.45. The quantitative estimate of drug-likeness (QED) is 0.500. The minimum absolute atomic E-state index is 0.828. The van der Waals surface area contributed by atoms with E-state index in [1.54, 1.807) is 0 Å². The van der Waals surface area contributed by atoms with Gasteiger partial charge in [-0.2, -0.15) is 5.26 Å². The van der Waals surface area contributed by atoms with E-state index in [1.807, 2.05) is 18.7 Å². The summed E-state index contributed by atoms with van der Waals surface area (Å²) in [6.07, 6.45) is 4.53. The number of hydrogen-bond acceptors (Lipinski definition) is 2. The molecule has 2 heteroatoms. The van der Waals surface area contributed by atoms with Crippen molar-refractivity contribution in [3.8, 4) is 6.19 Å². The zero-order chi connectivity index (χ0) is 8.69. The Morgan fingerprint density at radius 1 is 1.27 bits per heavy atom. The summed E-state index contributed by atoms with van der Waals surface area (Å²) in [4.78, 5) is 1.83. The normalized spacial score (nSPS) is 18.2. The lowest BCUT2D eigenvalue weighted by molar-refractivity contribution is 0.265. The Kier molecular flexibility index (Phi) is 5.64. The minimum Gasteiger partial charge on any atom is -0.311 e. The van der Waals surface area contributed by atoms with Crippen LogP contribution >= 0.6 is 0 Å². The van der Waals surface area contributed by atoms with E-state index in [1.165, 1.54) is 12.8 Å². The number of hydrogen-bond donors (Lipinski definition) is 0. The smallest absolute Gasteiger partial charge is 0.179 e. The van der Waals surface area contributed by atoms with Crippen LogP contribution in [-0.2, 0) is 0 Å². The van der Waals surface area contributed by atoms with Crippen molar-refractivity contribution in [1.82, 2.24) is 4.90 Å². The van der Waals surface area contributed by atoms with Crippen LogP contribution < -0.4 is 0 Å². The van der Waals surface area contributed by atoms with E-state index in [2.05, 4.69) is 13.1 Å². The summed E-state index contributed by atoms with van der Waals surface area (Å²) in [5, 5.41) is 8.45. The van der Waals surface area contributed by atoms with Gasteiger partial charge in [0.05, 0.1) is 0 Å². The molecule has 0 atom stereocenters. The van der Waals surface area contributed by atoms with Crippen LogP contribution in [-0.4, -0.2) is 18.0 Å². The molecule has 1 fully saturated rings. The van der Waals surface area contributed by atoms with E-state index in [9.17, 15) is 0 Å². The van der Waals surface area contributed by atoms with E-state index >= 15 is 0 Å². The van der Waals surface area contributed by atoms with Crippen LogP contribution in [0, 0.1) is 17.4 Å². The third-order valence-electron chi connectivity index (χ3n) is 1.93. The molecule has 2 nitrogen and oxygen atoms in total. The molecule has 64 valence electrons. The van der Waals surface area contributed by atoms with Crippen LogP contribution in [0.1, 0.15) is 33.6 Å². The van der Waals surface area contributed by atoms with Crippen LogP contribution in [0.25, 0.3) is 0 Å². The molecule has 0 aromatic heterocycles. The van der Waals surface area contributed by atoms with Gasteiger partial charge in [-0.25, -0.2) is 0 Å². The van der Waals surface area contributed by atoms with Gasteiger partial charge in [-0.05, 0) is 18.8 Å². The largest absolute Gasteiger partial charge is 0.311 e. The lowest BCUT2D eigenvalue weighted by atomic mass is 10.00. The molecule has 1 aliphatic rings. The predicted molar refractivity (Wildman–Crippen MR) is 46.9 cm³/mol. The van der Waals surface area contributed by atoms with Crippen LogP contribution in [0.15, 0.2) is 0 Å². The number of nitriles is 1. The Balaban J connectivity index is 0.000000461. The zero-order valence-corrected chi connectivity index (χ0v) is 7.80. The van der Waals surface area contributed by atoms with E-state index in [-0.39, 0.29) is 0 Å². The van der Waals surface area contributed by atoms with Crippen molar-refractivity contribution in [3.63, 3.8) is 0 Å². The van der Waals surface area contributed by atoms with Gasteiger partial charge >= 0.3 is 0 Å². The molecule has 0 aromatic carbocycles. The van der Waals surface area contributed by atoms with Crippen LogP contribution in [0.3, 0.4) is 0 Å². The highest BCUT2D eigenvalue weighted by atomic mass is 15.1. The Bertz CT molecular complexity index is 118. The number of rotatable bonds is 0. The Morgan fingerprint density at radius 2 is 1.73 bits per heavy atom. The lowest BCUT2D eigenvalue weighted by Crippen LogP contribution is -2.28. The molecule has 0 aromatic rings. The molecule has 0 radical (unpaired) electrons. The van der Waals surface area contributed by atoms with Gasteiger partial charge in [0.2, 0.25) is 0 Å². The summed E-state index contributed by atoms with van der Waals surface area (Å²) in [6.45, 7) is 8.18. The molecule has 0 aliphatic carbocycles. The zero-order valence-electron chi connectivity index (χ0n) is 7.80. The topological polar surface area (TPSA) is 27.0 Å². The summed E-state index contributed by atoms with van der Waals surface area (Å²) < 4.78 is 0. The van der Waals surface area contributed by atoms with E-state index in [0.717, 1.165) is 19.0 Å². The second-order valence-corrected chi connectivity index (χ2v) is 2.77. The van der Waals surface area contributed by atoms with Crippen molar-refractivity contribution in [2.75, 3.05) is 13.1 Å². The van der Waals surface area contributed by atoms with Gasteiger partial charge in [0.1, 0.15) is 0 Å². The van der Waals surface area contributed by atoms with E-state index in [4.69, 9.17) is 5.26 Å². The van der Waals surface area contributed by atoms with Gasteiger partial charge in [0.25, 0.3) is 0 Å². The molecule has 0 spiro atoms. The highest BCUT2D eigenvalue weighted by molar-refractivity contribution is 4.78. The van der Waals surface area contributed by atoms with Gasteiger partial charge in [-0.3, -0.25) is 0 Å². The second-order valence-electron chi connectivity index (χ2n) is 2.77. The average Bonchev–Trinajstić information content (AvgIpc) is 2.10. The first kappa shape index (κ1) is 10.3. The van der Waals surface area contributed by atoms with Crippen molar-refractivity contribution < 1.29 is 0 Å². The summed E-state index contributed by atoms with van der Waals surface area (Å²) in [6, 6.07) is 0. The third kappa shape index (κ3) is 3.87. The summed E-state index contributed by atoms with van der Waals surface area (Å²) >= 11 is 0. The first-order chi connectivity index (χ1) is 5.33. The van der Waals surface area contributed by atoms with Crippen molar-refractivity contribution in [2.45, 2.75) is 33.6 Å². The maximum atomic E-state index is 8.45. The summed E-state index contributed by atoms with van der Waals surface area (Å²) in [5.74, 6) is 0.828. The molecule has 0 unspecified atom stereocenters. The van der Waals surface area contributed by atoms with Crippen LogP contribution in [0.4, 0.5) is 0 Å². The van der Waals surface area contributed by atoms with Crippen LogP contribution in [0.5, 0.6) is 0 Å². The van der Waals surface area contributed by atoms with Gasteiger partial charge in [-0.15, -0.1) is 0 Å². The minimum atomic E-state index is 0.828. The Labute approximate surface area is 69.8 Å². The first-order valence-corrected chi connectivity index (χ1v) is 4.47. The molecular formula is C9H18N2. The second kappa shape index (κ2) is 6.03. The monoisotopic (exact) mass is 154 g/mol. The molecule has 0 saturated carbocycles. The number of nitrogens with zero attached hydrogens (tertiary/aromatic N) is 2. The number of piperidine rings is 1.